The predicted octanol–water partition coefficient (Wildman–Crippen LogP) is 4.33. The molecule has 1 aliphatic heterocycles. The maximum atomic E-state index is 13.3. The number of carbonyl (C=O) groups excluding carboxylic acids is 2. The Morgan fingerprint density at radius 1 is 1.03 bits per heavy atom. The Morgan fingerprint density at radius 3 is 2.43 bits per heavy atom. The molecule has 3 rings (SSSR count). The topological polar surface area (TPSA) is 113 Å². The Kier molecular flexibility index (Phi) is 8.67. The van der Waals surface area contributed by atoms with Crippen LogP contribution in [0.25, 0.3) is 6.08 Å². The van der Waals surface area contributed by atoms with Crippen LogP contribution in [-0.2, 0) is 14.4 Å². The second-order valence-corrected chi connectivity index (χ2v) is 8.08. The number of rotatable bonds is 12. The van der Waals surface area contributed by atoms with Crippen molar-refractivity contribution in [3.05, 3.63) is 77.1 Å². The molecule has 8 nitrogen and oxygen atoms in total. The number of carboxylic acids is 1. The van der Waals surface area contributed by atoms with Gasteiger partial charge in [0.1, 0.15) is 11.5 Å². The Hall–Kier alpha value is -4.07. The van der Waals surface area contributed by atoms with E-state index in [0.717, 1.165) is 5.56 Å². The van der Waals surface area contributed by atoms with Crippen LogP contribution in [0.4, 0.5) is 0 Å². The summed E-state index contributed by atoms with van der Waals surface area (Å²) in [6.07, 6.45) is 4.56. The van der Waals surface area contributed by atoms with Crippen LogP contribution in [0.2, 0.25) is 0 Å². The summed E-state index contributed by atoms with van der Waals surface area (Å²) in [6, 6.07) is 13.4. The highest BCUT2D eigenvalue weighted by Crippen LogP contribution is 2.43. The van der Waals surface area contributed by atoms with E-state index in [4.69, 9.17) is 14.6 Å². The molecule has 1 amide bonds. The van der Waals surface area contributed by atoms with Crippen LogP contribution in [0.3, 0.4) is 0 Å². The molecule has 1 heterocycles. The first-order valence-corrected chi connectivity index (χ1v) is 11.3. The van der Waals surface area contributed by atoms with Gasteiger partial charge in [-0.1, -0.05) is 42.8 Å². The quantitative estimate of drug-likeness (QED) is 0.344. The van der Waals surface area contributed by atoms with Crippen molar-refractivity contribution in [2.75, 3.05) is 20.8 Å². The lowest BCUT2D eigenvalue weighted by Gasteiger charge is -2.28. The number of amides is 1. The van der Waals surface area contributed by atoms with Gasteiger partial charge in [-0.2, -0.15) is 0 Å². The molecule has 35 heavy (non-hydrogen) atoms. The molecule has 0 aliphatic carbocycles. The van der Waals surface area contributed by atoms with E-state index in [1.54, 1.807) is 24.3 Å². The number of hydrogen-bond donors (Lipinski definition) is 2. The number of carboxylic acid groups (broad SMARTS) is 1. The summed E-state index contributed by atoms with van der Waals surface area (Å²) in [5.41, 5.74) is 1.27. The smallest absolute Gasteiger partial charge is 0.303 e. The normalized spacial score (nSPS) is 15.7. The molecular formula is C27H29NO7. The fourth-order valence-electron chi connectivity index (χ4n) is 4.07. The van der Waals surface area contributed by atoms with E-state index in [0.29, 0.717) is 36.3 Å². The average Bonchev–Trinajstić information content (AvgIpc) is 3.12. The highest BCUT2D eigenvalue weighted by Gasteiger charge is 2.43. The van der Waals surface area contributed by atoms with E-state index in [1.165, 1.54) is 25.2 Å². The van der Waals surface area contributed by atoms with E-state index >= 15 is 0 Å². The van der Waals surface area contributed by atoms with Gasteiger partial charge in [-0.3, -0.25) is 14.4 Å². The van der Waals surface area contributed by atoms with Gasteiger partial charge in [0.2, 0.25) is 0 Å². The number of aliphatic hydroxyl groups excluding tert-OH is 1. The molecule has 8 heteroatoms. The SMILES string of the molecule is COc1ccc(OC)c(C2C(C(=O)C=Cc3ccccc3)=C(O)C(=O)N2CCCCCC(=O)O)c1. The largest absolute Gasteiger partial charge is 0.503 e. The number of carbonyl (C=O) groups is 3. The second kappa shape index (κ2) is 11.9. The molecule has 0 saturated heterocycles. The van der Waals surface area contributed by atoms with Gasteiger partial charge in [0.15, 0.2) is 11.5 Å². The number of ketones is 1. The average molecular weight is 480 g/mol. The van der Waals surface area contributed by atoms with Gasteiger partial charge in [0.05, 0.1) is 25.8 Å². The number of unbranched alkanes of at least 4 members (excludes halogenated alkanes) is 2. The van der Waals surface area contributed by atoms with Crippen molar-refractivity contribution < 1.29 is 34.1 Å². The van der Waals surface area contributed by atoms with Crippen molar-refractivity contribution in [3.63, 3.8) is 0 Å². The van der Waals surface area contributed by atoms with Crippen molar-refractivity contribution >= 4 is 23.7 Å². The van der Waals surface area contributed by atoms with E-state index in [-0.39, 0.29) is 18.5 Å². The minimum absolute atomic E-state index is 0.0403. The van der Waals surface area contributed by atoms with Crippen molar-refractivity contribution in [3.8, 4) is 11.5 Å². The van der Waals surface area contributed by atoms with Gasteiger partial charge in [-0.25, -0.2) is 0 Å². The van der Waals surface area contributed by atoms with Crippen molar-refractivity contribution in [2.24, 2.45) is 0 Å². The Bertz CT molecular complexity index is 1140. The highest BCUT2D eigenvalue weighted by atomic mass is 16.5. The lowest BCUT2D eigenvalue weighted by atomic mass is 9.94. The number of ether oxygens (including phenoxy) is 2. The third kappa shape index (κ3) is 6.09. The van der Waals surface area contributed by atoms with E-state index in [1.807, 2.05) is 30.3 Å². The maximum Gasteiger partial charge on any atom is 0.303 e. The molecule has 1 atom stereocenters. The molecule has 184 valence electrons. The van der Waals surface area contributed by atoms with Gasteiger partial charge in [0.25, 0.3) is 5.91 Å². The first-order valence-electron chi connectivity index (χ1n) is 11.3. The van der Waals surface area contributed by atoms with Crippen LogP contribution in [0.1, 0.15) is 42.9 Å². The van der Waals surface area contributed by atoms with E-state index in [9.17, 15) is 19.5 Å². The third-order valence-corrected chi connectivity index (χ3v) is 5.82. The van der Waals surface area contributed by atoms with E-state index in [2.05, 4.69) is 0 Å². The Morgan fingerprint density at radius 2 is 1.77 bits per heavy atom. The summed E-state index contributed by atoms with van der Waals surface area (Å²) in [4.78, 5) is 38.6. The van der Waals surface area contributed by atoms with Crippen LogP contribution < -0.4 is 9.47 Å². The van der Waals surface area contributed by atoms with Crippen molar-refractivity contribution in [2.45, 2.75) is 31.7 Å². The van der Waals surface area contributed by atoms with Crippen LogP contribution in [0.5, 0.6) is 11.5 Å². The fourth-order valence-corrected chi connectivity index (χ4v) is 4.07. The molecule has 2 N–H and O–H groups in total. The van der Waals surface area contributed by atoms with Crippen molar-refractivity contribution in [1.82, 2.24) is 4.90 Å². The molecule has 0 aromatic heterocycles. The van der Waals surface area contributed by atoms with Crippen LogP contribution in [0, 0.1) is 0 Å². The number of nitrogens with zero attached hydrogens (tertiary/aromatic N) is 1. The summed E-state index contributed by atoms with van der Waals surface area (Å²) in [5, 5.41) is 19.6. The molecular weight excluding hydrogens is 450 g/mol. The Labute approximate surface area is 204 Å². The maximum absolute atomic E-state index is 13.3. The highest BCUT2D eigenvalue weighted by molar-refractivity contribution is 6.14. The molecule has 2 aromatic rings. The van der Waals surface area contributed by atoms with Gasteiger partial charge >= 0.3 is 5.97 Å². The first kappa shape index (κ1) is 25.6. The fraction of sp³-hybridized carbons (Fsp3) is 0.296. The standard InChI is InChI=1S/C27H29NO7/c1-34-19-13-15-22(35-2)20(17-19)25-24(21(29)14-12-18-9-5-3-6-10-18)26(32)27(33)28(25)16-8-4-7-11-23(30)31/h3,5-6,9-10,12-15,17,25,32H,4,7-8,11,16H2,1-2H3,(H,30,31). The molecule has 0 radical (unpaired) electrons. The molecule has 0 spiro atoms. The summed E-state index contributed by atoms with van der Waals surface area (Å²) < 4.78 is 10.9. The van der Waals surface area contributed by atoms with Gasteiger partial charge in [-0.05, 0) is 42.7 Å². The van der Waals surface area contributed by atoms with Crippen LogP contribution in [-0.4, -0.2) is 53.5 Å². The molecule has 0 saturated carbocycles. The number of aliphatic carboxylic acids is 1. The zero-order valence-electron chi connectivity index (χ0n) is 19.8. The molecule has 1 unspecified atom stereocenters. The zero-order valence-corrected chi connectivity index (χ0v) is 19.8. The van der Waals surface area contributed by atoms with Crippen LogP contribution >= 0.6 is 0 Å². The summed E-state index contributed by atoms with van der Waals surface area (Å²) in [5.74, 6) is -1.69. The van der Waals surface area contributed by atoms with Gasteiger partial charge < -0.3 is 24.6 Å². The molecule has 2 aromatic carbocycles. The van der Waals surface area contributed by atoms with Gasteiger partial charge in [0, 0.05) is 18.5 Å². The number of methoxy groups -OCH3 is 2. The first-order chi connectivity index (χ1) is 16.9. The second-order valence-electron chi connectivity index (χ2n) is 8.08. The number of allylic oxidation sites excluding steroid dienone is 1. The minimum atomic E-state index is -0.889. The number of hydrogen-bond acceptors (Lipinski definition) is 6. The third-order valence-electron chi connectivity index (χ3n) is 5.82. The molecule has 0 fully saturated rings. The monoisotopic (exact) mass is 479 g/mol. The van der Waals surface area contributed by atoms with Gasteiger partial charge in [-0.15, -0.1) is 0 Å². The summed E-state index contributed by atoms with van der Waals surface area (Å²) >= 11 is 0. The summed E-state index contributed by atoms with van der Waals surface area (Å²) in [6.45, 7) is 0.229. The van der Waals surface area contributed by atoms with Crippen LogP contribution in [0.15, 0.2) is 65.9 Å². The molecule has 1 aliphatic rings. The predicted molar refractivity (Wildman–Crippen MR) is 130 cm³/mol. The zero-order chi connectivity index (χ0) is 25.4. The summed E-state index contributed by atoms with van der Waals surface area (Å²) in [7, 11) is 2.99. The number of benzene rings is 2. The lowest BCUT2D eigenvalue weighted by molar-refractivity contribution is -0.137. The van der Waals surface area contributed by atoms with E-state index < -0.39 is 29.5 Å². The number of aliphatic hydroxyl groups is 1. The molecule has 0 bridgehead atoms. The Balaban J connectivity index is 1.97. The minimum Gasteiger partial charge on any atom is -0.503 e. The van der Waals surface area contributed by atoms with Crippen molar-refractivity contribution in [1.29, 1.82) is 0 Å². The lowest BCUT2D eigenvalue weighted by Crippen LogP contribution is -2.32.